The molecule has 0 aromatic carbocycles. The molecule has 0 bridgehead atoms. The first-order chi connectivity index (χ1) is 10.8. The lowest BCUT2D eigenvalue weighted by molar-refractivity contribution is -0.141. The number of aromatic nitrogens is 2. The van der Waals surface area contributed by atoms with Gasteiger partial charge in [-0.15, -0.1) is 10.2 Å². The first-order valence-corrected chi connectivity index (χ1v) is 7.35. The van der Waals surface area contributed by atoms with Crippen LogP contribution >= 0.6 is 0 Å². The van der Waals surface area contributed by atoms with Crippen LogP contribution in [-0.4, -0.2) is 54.0 Å². The summed E-state index contributed by atoms with van der Waals surface area (Å²) in [5.74, 6) is 0.635. The number of ether oxygens (including phenoxy) is 1. The highest BCUT2D eigenvalue weighted by atomic mass is 19.4. The highest BCUT2D eigenvalue weighted by molar-refractivity contribution is 5.68. The number of carbonyl (C=O) groups excluding carboxylic acids is 1. The van der Waals surface area contributed by atoms with E-state index in [2.05, 4.69) is 10.2 Å². The molecule has 0 radical (unpaired) electrons. The molecule has 128 valence electrons. The van der Waals surface area contributed by atoms with E-state index in [1.807, 2.05) is 13.8 Å². The monoisotopic (exact) mass is 332 g/mol. The van der Waals surface area contributed by atoms with E-state index in [1.165, 1.54) is 6.07 Å². The summed E-state index contributed by atoms with van der Waals surface area (Å²) in [7, 11) is 0. The van der Waals surface area contributed by atoms with Crippen LogP contribution < -0.4 is 4.90 Å². The lowest BCUT2D eigenvalue weighted by Gasteiger charge is -2.34. The van der Waals surface area contributed by atoms with Crippen LogP contribution in [0.25, 0.3) is 0 Å². The van der Waals surface area contributed by atoms with Gasteiger partial charge in [0.1, 0.15) is 0 Å². The molecule has 1 aromatic rings. The minimum absolute atomic E-state index is 0.266. The minimum Gasteiger partial charge on any atom is -0.449 e. The Hall–Kier alpha value is -2.06. The molecule has 1 aromatic heterocycles. The Kier molecular flexibility index (Phi) is 5.27. The molecule has 0 aliphatic carbocycles. The van der Waals surface area contributed by atoms with Gasteiger partial charge >= 0.3 is 12.3 Å². The van der Waals surface area contributed by atoms with Gasteiger partial charge in [0, 0.05) is 26.2 Å². The quantitative estimate of drug-likeness (QED) is 0.851. The van der Waals surface area contributed by atoms with Crippen molar-refractivity contribution in [1.29, 1.82) is 0 Å². The normalized spacial score (nSPS) is 15.9. The van der Waals surface area contributed by atoms with Gasteiger partial charge in [0.15, 0.2) is 11.5 Å². The standard InChI is InChI=1S/C14H19F3N4O2/c1-10(2)9-23-13(22)21-7-5-20(6-8-21)12-4-3-11(18-19-12)14(15,16)17/h3-4,10H,5-9H2,1-2H3. The first kappa shape index (κ1) is 17.3. The first-order valence-electron chi connectivity index (χ1n) is 7.35. The Morgan fingerprint density at radius 3 is 2.35 bits per heavy atom. The zero-order chi connectivity index (χ0) is 17.0. The van der Waals surface area contributed by atoms with E-state index in [4.69, 9.17) is 4.74 Å². The van der Waals surface area contributed by atoms with E-state index >= 15 is 0 Å². The SMILES string of the molecule is CC(C)COC(=O)N1CCN(c2ccc(C(F)(F)F)nn2)CC1. The molecule has 9 heteroatoms. The van der Waals surface area contributed by atoms with Gasteiger partial charge in [0.25, 0.3) is 0 Å². The van der Waals surface area contributed by atoms with Crippen LogP contribution in [0.1, 0.15) is 19.5 Å². The molecule has 6 nitrogen and oxygen atoms in total. The third-order valence-corrected chi connectivity index (χ3v) is 3.34. The lowest BCUT2D eigenvalue weighted by atomic mass is 10.2. The summed E-state index contributed by atoms with van der Waals surface area (Å²) < 4.78 is 42.5. The van der Waals surface area contributed by atoms with Gasteiger partial charge in [-0.2, -0.15) is 13.2 Å². The number of halogens is 3. The van der Waals surface area contributed by atoms with Crippen molar-refractivity contribution in [3.05, 3.63) is 17.8 Å². The van der Waals surface area contributed by atoms with E-state index < -0.39 is 11.9 Å². The molecular formula is C14H19F3N4O2. The van der Waals surface area contributed by atoms with Crippen molar-refractivity contribution in [2.24, 2.45) is 5.92 Å². The lowest BCUT2D eigenvalue weighted by Crippen LogP contribution is -2.49. The molecule has 1 aliphatic rings. The zero-order valence-corrected chi connectivity index (χ0v) is 13.0. The number of carbonyl (C=O) groups is 1. The van der Waals surface area contributed by atoms with E-state index in [9.17, 15) is 18.0 Å². The predicted octanol–water partition coefficient (Wildman–Crippen LogP) is 2.41. The Balaban J connectivity index is 1.88. The number of anilines is 1. The number of amides is 1. The Morgan fingerprint density at radius 1 is 1.22 bits per heavy atom. The van der Waals surface area contributed by atoms with Crippen molar-refractivity contribution in [3.8, 4) is 0 Å². The number of hydrogen-bond donors (Lipinski definition) is 0. The average molecular weight is 332 g/mol. The fraction of sp³-hybridized carbons (Fsp3) is 0.643. The molecule has 23 heavy (non-hydrogen) atoms. The predicted molar refractivity (Wildman–Crippen MR) is 77.0 cm³/mol. The van der Waals surface area contributed by atoms with Crippen molar-refractivity contribution in [2.45, 2.75) is 20.0 Å². The maximum atomic E-state index is 12.5. The molecule has 0 saturated carbocycles. The number of piperazine rings is 1. The molecule has 2 heterocycles. The maximum absolute atomic E-state index is 12.5. The molecular weight excluding hydrogens is 313 g/mol. The third kappa shape index (κ3) is 4.70. The van der Waals surface area contributed by atoms with Gasteiger partial charge in [0.05, 0.1) is 6.61 Å². The van der Waals surface area contributed by atoms with Gasteiger partial charge in [-0.1, -0.05) is 13.8 Å². The molecule has 0 unspecified atom stereocenters. The summed E-state index contributed by atoms with van der Waals surface area (Å²) in [6, 6.07) is 2.20. The molecule has 1 fully saturated rings. The van der Waals surface area contributed by atoms with Crippen molar-refractivity contribution < 1.29 is 22.7 Å². The van der Waals surface area contributed by atoms with Crippen LogP contribution in [0.3, 0.4) is 0 Å². The van der Waals surface area contributed by atoms with Crippen LogP contribution in [0.4, 0.5) is 23.8 Å². The van der Waals surface area contributed by atoms with Crippen LogP contribution in [0.15, 0.2) is 12.1 Å². The molecule has 2 rings (SSSR count). The molecule has 0 spiro atoms. The third-order valence-electron chi connectivity index (χ3n) is 3.34. The average Bonchev–Trinajstić information content (AvgIpc) is 2.52. The van der Waals surface area contributed by atoms with Crippen molar-refractivity contribution in [2.75, 3.05) is 37.7 Å². The summed E-state index contributed by atoms with van der Waals surface area (Å²) in [6.07, 6.45) is -4.86. The van der Waals surface area contributed by atoms with Crippen LogP contribution in [0.2, 0.25) is 0 Å². The number of rotatable bonds is 3. The largest absolute Gasteiger partial charge is 0.449 e. The number of hydrogen-bond acceptors (Lipinski definition) is 5. The van der Waals surface area contributed by atoms with Crippen molar-refractivity contribution in [1.82, 2.24) is 15.1 Å². The Bertz CT molecular complexity index is 526. The van der Waals surface area contributed by atoms with Crippen LogP contribution in [0.5, 0.6) is 0 Å². The Morgan fingerprint density at radius 2 is 1.87 bits per heavy atom. The summed E-state index contributed by atoms with van der Waals surface area (Å²) in [5.41, 5.74) is -1.02. The fourth-order valence-corrected chi connectivity index (χ4v) is 2.09. The van der Waals surface area contributed by atoms with Crippen LogP contribution in [-0.2, 0) is 10.9 Å². The van der Waals surface area contributed by atoms with E-state index in [0.717, 1.165) is 6.07 Å². The second-order valence-corrected chi connectivity index (χ2v) is 5.72. The summed E-state index contributed by atoms with van der Waals surface area (Å²) >= 11 is 0. The van der Waals surface area contributed by atoms with Crippen LogP contribution in [0, 0.1) is 5.92 Å². The zero-order valence-electron chi connectivity index (χ0n) is 13.0. The highest BCUT2D eigenvalue weighted by Gasteiger charge is 2.33. The van der Waals surface area contributed by atoms with E-state index in [1.54, 1.807) is 9.80 Å². The Labute approximate surface area is 132 Å². The second-order valence-electron chi connectivity index (χ2n) is 5.72. The minimum atomic E-state index is -4.50. The van der Waals surface area contributed by atoms with Gasteiger partial charge in [-0.05, 0) is 18.1 Å². The molecule has 1 saturated heterocycles. The molecule has 1 aliphatic heterocycles. The van der Waals surface area contributed by atoms with Crippen molar-refractivity contribution in [3.63, 3.8) is 0 Å². The van der Waals surface area contributed by atoms with Gasteiger partial charge in [0.2, 0.25) is 0 Å². The summed E-state index contributed by atoms with van der Waals surface area (Å²) in [6.45, 7) is 6.07. The summed E-state index contributed by atoms with van der Waals surface area (Å²) in [5, 5.41) is 6.83. The van der Waals surface area contributed by atoms with Crippen molar-refractivity contribution >= 4 is 11.9 Å². The maximum Gasteiger partial charge on any atom is 0.435 e. The second kappa shape index (κ2) is 7.01. The topological polar surface area (TPSA) is 58.6 Å². The van der Waals surface area contributed by atoms with E-state index in [-0.39, 0.29) is 12.0 Å². The number of alkyl halides is 3. The van der Waals surface area contributed by atoms with Gasteiger partial charge < -0.3 is 14.5 Å². The fourth-order valence-electron chi connectivity index (χ4n) is 2.09. The van der Waals surface area contributed by atoms with Gasteiger partial charge in [-0.25, -0.2) is 4.79 Å². The molecule has 0 N–H and O–H groups in total. The number of nitrogens with zero attached hydrogens (tertiary/aromatic N) is 4. The smallest absolute Gasteiger partial charge is 0.435 e. The summed E-state index contributed by atoms with van der Waals surface area (Å²) in [4.78, 5) is 15.2. The highest BCUT2D eigenvalue weighted by Crippen LogP contribution is 2.27. The molecule has 1 amide bonds. The van der Waals surface area contributed by atoms with E-state index in [0.29, 0.717) is 38.6 Å². The molecule has 0 atom stereocenters. The van der Waals surface area contributed by atoms with Gasteiger partial charge in [-0.3, -0.25) is 0 Å².